The molecule has 0 saturated carbocycles. The van der Waals surface area contributed by atoms with Gasteiger partial charge in [-0.1, -0.05) is 25.1 Å². The van der Waals surface area contributed by atoms with Crippen molar-refractivity contribution in [2.24, 2.45) is 0 Å². The Hall–Kier alpha value is -1.33. The fourth-order valence-electron chi connectivity index (χ4n) is 3.26. The minimum Gasteiger partial charge on any atom is -0.361 e. The van der Waals surface area contributed by atoms with Crippen molar-refractivity contribution in [2.45, 2.75) is 32.1 Å². The van der Waals surface area contributed by atoms with Crippen LogP contribution in [0.1, 0.15) is 37.7 Å². The summed E-state index contributed by atoms with van der Waals surface area (Å²) in [4.78, 5) is 3.32. The summed E-state index contributed by atoms with van der Waals surface area (Å²) in [6.07, 6.45) is 4.59. The van der Waals surface area contributed by atoms with Crippen LogP contribution in [0.3, 0.4) is 0 Å². The number of fused-ring (bicyclic) bond motifs is 1. The summed E-state index contributed by atoms with van der Waals surface area (Å²) in [6.45, 7) is 3.20. The summed E-state index contributed by atoms with van der Waals surface area (Å²) >= 11 is 0. The fourth-order valence-corrected chi connectivity index (χ4v) is 4.81. The lowest BCUT2D eigenvalue weighted by Gasteiger charge is -2.31. The second kappa shape index (κ2) is 5.81. The Bertz CT molecular complexity index is 713. The molecule has 3 rings (SSSR count). The number of nitrogens with zero attached hydrogens (tertiary/aromatic N) is 1. The van der Waals surface area contributed by atoms with E-state index >= 15 is 0 Å². The lowest BCUT2D eigenvalue weighted by atomic mass is 9.90. The van der Waals surface area contributed by atoms with Gasteiger partial charge in [0.15, 0.2) is 0 Å². The summed E-state index contributed by atoms with van der Waals surface area (Å²) in [5, 5.41) is 1.27. The average Bonchev–Trinajstić information content (AvgIpc) is 2.91. The van der Waals surface area contributed by atoms with Crippen LogP contribution in [0.15, 0.2) is 30.5 Å². The van der Waals surface area contributed by atoms with Gasteiger partial charge in [-0.05, 0) is 36.8 Å². The standard InChI is InChI=1S/C16H22N2O2S/c1-2-11-21(19,20)18-9-7-13(8-10-18)15-12-17-16-6-4-3-5-14(15)16/h3-6,12-13,17H,2,7-11H2,1H3. The zero-order valence-corrected chi connectivity index (χ0v) is 13.2. The molecule has 1 saturated heterocycles. The molecule has 0 unspecified atom stereocenters. The summed E-state index contributed by atoms with van der Waals surface area (Å²) in [6, 6.07) is 8.31. The van der Waals surface area contributed by atoms with Gasteiger partial charge in [0, 0.05) is 30.2 Å². The van der Waals surface area contributed by atoms with Crippen LogP contribution in [0.4, 0.5) is 0 Å². The molecule has 1 aromatic heterocycles. The number of piperidine rings is 1. The van der Waals surface area contributed by atoms with Crippen LogP contribution in [-0.2, 0) is 10.0 Å². The Morgan fingerprint density at radius 1 is 1.24 bits per heavy atom. The first-order valence-corrected chi connectivity index (χ1v) is 9.26. The highest BCUT2D eigenvalue weighted by Gasteiger charge is 2.28. The molecule has 0 spiro atoms. The van der Waals surface area contributed by atoms with Gasteiger partial charge in [-0.25, -0.2) is 12.7 Å². The third-order valence-electron chi connectivity index (χ3n) is 4.37. The van der Waals surface area contributed by atoms with Gasteiger partial charge in [0.25, 0.3) is 0 Å². The SMILES string of the molecule is CCCS(=O)(=O)N1CCC(c2c[nH]c3ccccc23)CC1. The molecule has 4 nitrogen and oxygen atoms in total. The van der Waals surface area contributed by atoms with E-state index in [0.717, 1.165) is 18.4 Å². The Morgan fingerprint density at radius 2 is 1.95 bits per heavy atom. The molecule has 1 aliphatic rings. The first-order valence-electron chi connectivity index (χ1n) is 7.65. The molecule has 0 atom stereocenters. The van der Waals surface area contributed by atoms with E-state index in [9.17, 15) is 8.42 Å². The maximum absolute atomic E-state index is 12.1. The average molecular weight is 306 g/mol. The Kier molecular flexibility index (Phi) is 4.04. The van der Waals surface area contributed by atoms with Crippen molar-refractivity contribution in [2.75, 3.05) is 18.8 Å². The number of hydrogen-bond donors (Lipinski definition) is 1. The van der Waals surface area contributed by atoms with Crippen molar-refractivity contribution in [3.63, 3.8) is 0 Å². The number of aromatic nitrogens is 1. The van der Waals surface area contributed by atoms with E-state index in [2.05, 4.69) is 29.4 Å². The van der Waals surface area contributed by atoms with Crippen LogP contribution < -0.4 is 0 Å². The third kappa shape index (κ3) is 2.85. The van der Waals surface area contributed by atoms with E-state index in [-0.39, 0.29) is 5.75 Å². The van der Waals surface area contributed by atoms with Crippen molar-refractivity contribution in [1.82, 2.24) is 9.29 Å². The Morgan fingerprint density at radius 3 is 2.67 bits per heavy atom. The topological polar surface area (TPSA) is 53.2 Å². The highest BCUT2D eigenvalue weighted by molar-refractivity contribution is 7.89. The molecule has 0 amide bonds. The second-order valence-electron chi connectivity index (χ2n) is 5.78. The molecule has 1 N–H and O–H groups in total. The number of rotatable bonds is 4. The number of aromatic amines is 1. The molecule has 0 radical (unpaired) electrons. The maximum Gasteiger partial charge on any atom is 0.214 e. The molecule has 1 aromatic carbocycles. The van der Waals surface area contributed by atoms with Gasteiger partial charge in [0.2, 0.25) is 10.0 Å². The summed E-state index contributed by atoms with van der Waals surface area (Å²) in [7, 11) is -3.04. The zero-order valence-electron chi connectivity index (χ0n) is 12.4. The van der Waals surface area contributed by atoms with Gasteiger partial charge in [0.1, 0.15) is 0 Å². The lowest BCUT2D eigenvalue weighted by Crippen LogP contribution is -2.39. The predicted octanol–water partition coefficient (Wildman–Crippen LogP) is 3.09. The number of nitrogens with one attached hydrogen (secondary N) is 1. The minimum absolute atomic E-state index is 0.269. The molecule has 1 aliphatic heterocycles. The molecular weight excluding hydrogens is 284 g/mol. The molecule has 114 valence electrons. The van der Waals surface area contributed by atoms with Crippen molar-refractivity contribution >= 4 is 20.9 Å². The highest BCUT2D eigenvalue weighted by atomic mass is 32.2. The van der Waals surface area contributed by atoms with Gasteiger partial charge in [0.05, 0.1) is 5.75 Å². The molecule has 0 bridgehead atoms. The van der Waals surface area contributed by atoms with E-state index in [1.54, 1.807) is 4.31 Å². The van der Waals surface area contributed by atoms with Gasteiger partial charge in [-0.3, -0.25) is 0 Å². The van der Waals surface area contributed by atoms with Crippen molar-refractivity contribution in [3.05, 3.63) is 36.0 Å². The van der Waals surface area contributed by atoms with Gasteiger partial charge in [-0.2, -0.15) is 0 Å². The number of H-pyrrole nitrogens is 1. The van der Waals surface area contributed by atoms with Crippen LogP contribution in [0.25, 0.3) is 10.9 Å². The quantitative estimate of drug-likeness (QED) is 0.943. The van der Waals surface area contributed by atoms with E-state index in [0.29, 0.717) is 25.4 Å². The minimum atomic E-state index is -3.04. The first-order chi connectivity index (χ1) is 10.1. The zero-order chi connectivity index (χ0) is 14.9. The van der Waals surface area contributed by atoms with Crippen LogP contribution in [0, 0.1) is 0 Å². The molecule has 2 aromatic rings. The molecule has 1 fully saturated rings. The molecule has 2 heterocycles. The highest BCUT2D eigenvalue weighted by Crippen LogP contribution is 2.33. The van der Waals surface area contributed by atoms with Gasteiger partial charge < -0.3 is 4.98 Å². The molecular formula is C16H22N2O2S. The van der Waals surface area contributed by atoms with Gasteiger partial charge >= 0.3 is 0 Å². The van der Waals surface area contributed by atoms with Gasteiger partial charge in [-0.15, -0.1) is 0 Å². The van der Waals surface area contributed by atoms with E-state index in [1.807, 2.05) is 13.0 Å². The lowest BCUT2D eigenvalue weighted by molar-refractivity contribution is 0.320. The summed E-state index contributed by atoms with van der Waals surface area (Å²) in [5.74, 6) is 0.722. The van der Waals surface area contributed by atoms with E-state index in [1.165, 1.54) is 10.9 Å². The fraction of sp³-hybridized carbons (Fsp3) is 0.500. The summed E-state index contributed by atoms with van der Waals surface area (Å²) in [5.41, 5.74) is 2.49. The molecule has 5 heteroatoms. The third-order valence-corrected chi connectivity index (χ3v) is 6.45. The number of para-hydroxylation sites is 1. The number of sulfonamides is 1. The van der Waals surface area contributed by atoms with Crippen molar-refractivity contribution in [3.8, 4) is 0 Å². The van der Waals surface area contributed by atoms with E-state index < -0.39 is 10.0 Å². The van der Waals surface area contributed by atoms with Crippen LogP contribution in [-0.4, -0.2) is 36.5 Å². The molecule has 0 aliphatic carbocycles. The van der Waals surface area contributed by atoms with Crippen molar-refractivity contribution in [1.29, 1.82) is 0 Å². The van der Waals surface area contributed by atoms with Crippen LogP contribution in [0.5, 0.6) is 0 Å². The smallest absolute Gasteiger partial charge is 0.214 e. The van der Waals surface area contributed by atoms with Crippen molar-refractivity contribution < 1.29 is 8.42 Å². The van der Waals surface area contributed by atoms with Crippen LogP contribution >= 0.6 is 0 Å². The molecule has 21 heavy (non-hydrogen) atoms. The predicted molar refractivity (Wildman–Crippen MR) is 85.9 cm³/mol. The second-order valence-corrected chi connectivity index (χ2v) is 7.87. The monoisotopic (exact) mass is 306 g/mol. The van der Waals surface area contributed by atoms with Crippen LogP contribution in [0.2, 0.25) is 0 Å². The normalized spacial score (nSPS) is 18.3. The summed E-state index contributed by atoms with van der Waals surface area (Å²) < 4.78 is 25.9. The number of benzene rings is 1. The largest absolute Gasteiger partial charge is 0.361 e. The Labute approximate surface area is 126 Å². The maximum atomic E-state index is 12.1. The Balaban J connectivity index is 1.74. The van der Waals surface area contributed by atoms with E-state index in [4.69, 9.17) is 0 Å². The first kappa shape index (κ1) is 14.6. The number of hydrogen-bond acceptors (Lipinski definition) is 2.